The number of halogens is 2. The van der Waals surface area contributed by atoms with Crippen molar-refractivity contribution >= 4 is 0 Å². The third-order valence-corrected chi connectivity index (χ3v) is 7.23. The molecule has 0 aromatic heterocycles. The quantitative estimate of drug-likeness (QED) is 0.421. The second-order valence-corrected chi connectivity index (χ2v) is 8.85. The highest BCUT2D eigenvalue weighted by atomic mass is 19.3. The first kappa shape index (κ1) is 20.8. The Balaban J connectivity index is 1.53. The third kappa shape index (κ3) is 5.53. The van der Waals surface area contributed by atoms with E-state index >= 15 is 0 Å². The smallest absolute Gasteiger partial charge is 0.311 e. The van der Waals surface area contributed by atoms with E-state index in [1.54, 1.807) is 0 Å². The summed E-state index contributed by atoms with van der Waals surface area (Å²) in [5.74, 6) is 2.43. The van der Waals surface area contributed by atoms with Gasteiger partial charge in [0.2, 0.25) is 0 Å². The van der Waals surface area contributed by atoms with Crippen LogP contribution in [0.5, 0.6) is 0 Å². The van der Waals surface area contributed by atoms with Crippen molar-refractivity contribution in [1.29, 1.82) is 0 Å². The number of benzene rings is 1. The van der Waals surface area contributed by atoms with Gasteiger partial charge >= 0.3 is 6.61 Å². The fourth-order valence-electron chi connectivity index (χ4n) is 5.60. The Hall–Kier alpha value is -0.960. The fourth-order valence-corrected chi connectivity index (χ4v) is 5.60. The van der Waals surface area contributed by atoms with E-state index in [4.69, 9.17) is 4.74 Å². The molecule has 0 saturated heterocycles. The van der Waals surface area contributed by atoms with E-state index in [1.807, 2.05) is 30.3 Å². The van der Waals surface area contributed by atoms with Crippen LogP contribution in [0.2, 0.25) is 0 Å². The van der Waals surface area contributed by atoms with E-state index < -0.39 is 12.2 Å². The first-order chi connectivity index (χ1) is 13.1. The summed E-state index contributed by atoms with van der Waals surface area (Å²) in [6, 6.07) is 9.69. The molecule has 1 nitrogen and oxygen atoms in total. The maximum Gasteiger partial charge on any atom is 0.346 e. The average Bonchev–Trinajstić information content (AvgIpc) is 2.70. The van der Waals surface area contributed by atoms with Gasteiger partial charge in [0.25, 0.3) is 0 Å². The van der Waals surface area contributed by atoms with E-state index in [1.165, 1.54) is 51.4 Å². The van der Waals surface area contributed by atoms with Crippen LogP contribution in [0, 0.1) is 17.8 Å². The molecule has 0 radical (unpaired) electrons. The maximum absolute atomic E-state index is 13.1. The maximum atomic E-state index is 13.1. The van der Waals surface area contributed by atoms with Gasteiger partial charge in [-0.1, -0.05) is 75.8 Å². The molecule has 0 heterocycles. The highest BCUT2D eigenvalue weighted by Crippen LogP contribution is 2.48. The van der Waals surface area contributed by atoms with Crippen LogP contribution in [0.4, 0.5) is 8.78 Å². The lowest BCUT2D eigenvalue weighted by Crippen LogP contribution is -2.38. The zero-order valence-corrected chi connectivity index (χ0v) is 16.8. The van der Waals surface area contributed by atoms with Gasteiger partial charge < -0.3 is 4.74 Å². The molecule has 2 saturated carbocycles. The third-order valence-electron chi connectivity index (χ3n) is 7.23. The van der Waals surface area contributed by atoms with Crippen LogP contribution in [0.1, 0.15) is 89.5 Å². The molecular weight excluding hydrogens is 342 g/mol. The zero-order chi connectivity index (χ0) is 19.1. The Kier molecular flexibility index (Phi) is 7.69. The molecule has 1 aromatic rings. The molecule has 2 fully saturated rings. The van der Waals surface area contributed by atoms with Crippen molar-refractivity contribution in [3.63, 3.8) is 0 Å². The summed E-state index contributed by atoms with van der Waals surface area (Å²) in [4.78, 5) is 0. The van der Waals surface area contributed by atoms with E-state index in [0.717, 1.165) is 43.1 Å². The fraction of sp³-hybridized carbons (Fsp3) is 0.750. The van der Waals surface area contributed by atoms with Crippen molar-refractivity contribution in [2.24, 2.45) is 17.8 Å². The molecule has 0 bridgehead atoms. The van der Waals surface area contributed by atoms with Gasteiger partial charge in [0, 0.05) is 0 Å². The normalized spacial score (nSPS) is 31.9. The minimum Gasteiger partial charge on any atom is -0.311 e. The van der Waals surface area contributed by atoms with Crippen molar-refractivity contribution in [2.45, 2.75) is 96.2 Å². The molecule has 152 valence electrons. The zero-order valence-electron chi connectivity index (χ0n) is 16.8. The van der Waals surface area contributed by atoms with Gasteiger partial charge in [-0.15, -0.1) is 0 Å². The number of hydrogen-bond acceptors (Lipinski definition) is 1. The first-order valence-electron chi connectivity index (χ1n) is 11.1. The van der Waals surface area contributed by atoms with Gasteiger partial charge in [-0.3, -0.25) is 0 Å². The topological polar surface area (TPSA) is 9.23 Å². The summed E-state index contributed by atoms with van der Waals surface area (Å²) in [6.45, 7) is -0.437. The number of hydrogen-bond donors (Lipinski definition) is 0. The molecule has 3 heteroatoms. The number of ether oxygens (including phenoxy) is 1. The highest BCUT2D eigenvalue weighted by molar-refractivity contribution is 5.23. The molecule has 1 aromatic carbocycles. The molecular formula is C24H36F2O. The van der Waals surface area contributed by atoms with Crippen molar-refractivity contribution in [2.75, 3.05) is 0 Å². The van der Waals surface area contributed by atoms with Crippen LogP contribution < -0.4 is 0 Å². The Labute approximate surface area is 163 Å². The highest BCUT2D eigenvalue weighted by Gasteiger charge is 2.42. The summed E-state index contributed by atoms with van der Waals surface area (Å²) in [5, 5.41) is 0. The van der Waals surface area contributed by atoms with E-state index in [9.17, 15) is 8.78 Å². The molecule has 0 unspecified atom stereocenters. The Morgan fingerprint density at radius 2 is 1.56 bits per heavy atom. The predicted octanol–water partition coefficient (Wildman–Crippen LogP) is 7.70. The lowest BCUT2D eigenvalue weighted by atomic mass is 9.66. The lowest BCUT2D eigenvalue weighted by molar-refractivity contribution is -0.228. The molecule has 2 aliphatic carbocycles. The van der Waals surface area contributed by atoms with Crippen molar-refractivity contribution in [3.8, 4) is 0 Å². The predicted molar refractivity (Wildman–Crippen MR) is 107 cm³/mol. The number of unbranched alkanes of at least 4 members (excludes halogenated alkanes) is 2. The van der Waals surface area contributed by atoms with E-state index in [0.29, 0.717) is 5.92 Å². The summed E-state index contributed by atoms with van der Waals surface area (Å²) in [6.07, 6.45) is 14.4. The van der Waals surface area contributed by atoms with Crippen LogP contribution in [0.25, 0.3) is 0 Å². The molecule has 0 atom stereocenters. The minimum atomic E-state index is -2.71. The van der Waals surface area contributed by atoms with E-state index in [-0.39, 0.29) is 0 Å². The Morgan fingerprint density at radius 3 is 2.15 bits per heavy atom. The van der Waals surface area contributed by atoms with Crippen molar-refractivity contribution in [3.05, 3.63) is 35.9 Å². The standard InChI is InChI=1S/C24H36F2O/c1-2-3-5-8-19-11-13-20(14-12-19)21-15-17-24(18-16-21,27-23(25)26)22-9-6-4-7-10-22/h4,6-7,9-10,19-21,23H,2-3,5,8,11-18H2,1H3. The molecule has 0 aliphatic heterocycles. The van der Waals surface area contributed by atoms with Gasteiger partial charge in [-0.05, 0) is 61.8 Å². The van der Waals surface area contributed by atoms with Crippen LogP contribution in [0.3, 0.4) is 0 Å². The monoisotopic (exact) mass is 378 g/mol. The molecule has 0 spiro atoms. The second-order valence-electron chi connectivity index (χ2n) is 8.85. The molecule has 27 heavy (non-hydrogen) atoms. The largest absolute Gasteiger partial charge is 0.346 e. The van der Waals surface area contributed by atoms with Gasteiger partial charge in [-0.2, -0.15) is 8.78 Å². The van der Waals surface area contributed by atoms with Crippen LogP contribution in [0.15, 0.2) is 30.3 Å². The number of alkyl halides is 2. The van der Waals surface area contributed by atoms with Gasteiger partial charge in [-0.25, -0.2) is 0 Å². The SMILES string of the molecule is CCCCCC1CCC(C2CCC(OC(F)F)(c3ccccc3)CC2)CC1. The Bertz CT molecular complexity index is 529. The van der Waals surface area contributed by atoms with Crippen molar-refractivity contribution < 1.29 is 13.5 Å². The van der Waals surface area contributed by atoms with Crippen LogP contribution in [-0.4, -0.2) is 6.61 Å². The Morgan fingerprint density at radius 1 is 0.926 bits per heavy atom. The van der Waals surface area contributed by atoms with Crippen LogP contribution >= 0.6 is 0 Å². The molecule has 2 aliphatic rings. The summed E-state index contributed by atoms with van der Waals surface area (Å²) < 4.78 is 31.5. The second kappa shape index (κ2) is 10.0. The van der Waals surface area contributed by atoms with Gasteiger partial charge in [0.15, 0.2) is 0 Å². The van der Waals surface area contributed by atoms with Crippen molar-refractivity contribution in [1.82, 2.24) is 0 Å². The summed E-state index contributed by atoms with van der Waals surface area (Å²) >= 11 is 0. The molecule has 0 N–H and O–H groups in total. The summed E-state index contributed by atoms with van der Waals surface area (Å²) in [5.41, 5.74) is 0.131. The van der Waals surface area contributed by atoms with Gasteiger partial charge in [0.1, 0.15) is 0 Å². The summed E-state index contributed by atoms with van der Waals surface area (Å²) in [7, 11) is 0. The number of rotatable bonds is 8. The minimum absolute atomic E-state index is 0.694. The van der Waals surface area contributed by atoms with E-state index in [2.05, 4.69) is 6.92 Å². The average molecular weight is 379 g/mol. The molecule has 0 amide bonds. The lowest BCUT2D eigenvalue weighted by Gasteiger charge is -2.43. The van der Waals surface area contributed by atoms with Gasteiger partial charge in [0.05, 0.1) is 5.60 Å². The first-order valence-corrected chi connectivity index (χ1v) is 11.1. The molecule has 3 rings (SSSR count). The van der Waals surface area contributed by atoms with Crippen LogP contribution in [-0.2, 0) is 10.3 Å².